The third-order valence-electron chi connectivity index (χ3n) is 3.51. The monoisotopic (exact) mass is 468 g/mol. The van der Waals surface area contributed by atoms with Gasteiger partial charge in [-0.3, -0.25) is 0 Å². The van der Waals surface area contributed by atoms with Crippen molar-refractivity contribution in [2.75, 3.05) is 6.54 Å². The molecule has 0 aliphatic carbocycles. The summed E-state index contributed by atoms with van der Waals surface area (Å²) in [6.45, 7) is 12.4. The minimum atomic E-state index is -0.673. The molecule has 7 heteroatoms. The standard InChI is InChI=1S/C17H29IN2O3S/c1-7-8-20(16(22)23-17(4,5)6)12(11(2)3)9-13(21)15-19-14(18)10-24-15/h10-13,21H,7-9H2,1-6H3/t12-,13+/m0/s1. The fourth-order valence-electron chi connectivity index (χ4n) is 2.46. The van der Waals surface area contributed by atoms with E-state index in [0.29, 0.717) is 18.0 Å². The summed E-state index contributed by atoms with van der Waals surface area (Å²) in [4.78, 5) is 18.7. The molecule has 138 valence electrons. The Hall–Kier alpha value is -0.410. The van der Waals surface area contributed by atoms with Gasteiger partial charge in [-0.05, 0) is 55.7 Å². The van der Waals surface area contributed by atoms with Crippen LogP contribution in [0.1, 0.15) is 65.5 Å². The minimum absolute atomic E-state index is 0.101. The number of ether oxygens (including phenoxy) is 1. The molecule has 1 heterocycles. The van der Waals surface area contributed by atoms with Gasteiger partial charge in [0.2, 0.25) is 0 Å². The molecule has 0 aromatic carbocycles. The van der Waals surface area contributed by atoms with Crippen molar-refractivity contribution in [3.8, 4) is 0 Å². The van der Waals surface area contributed by atoms with Gasteiger partial charge in [-0.15, -0.1) is 11.3 Å². The number of aromatic nitrogens is 1. The zero-order chi connectivity index (χ0) is 18.5. The molecule has 0 bridgehead atoms. The quantitative estimate of drug-likeness (QED) is 0.582. The number of carbonyl (C=O) groups excluding carboxylic acids is 1. The summed E-state index contributed by atoms with van der Waals surface area (Å²) in [6.07, 6.45) is 0.311. The Morgan fingerprint density at radius 3 is 2.50 bits per heavy atom. The highest BCUT2D eigenvalue weighted by atomic mass is 127. The first-order valence-electron chi connectivity index (χ1n) is 8.33. The lowest BCUT2D eigenvalue weighted by molar-refractivity contribution is 0.00304. The molecule has 1 aromatic heterocycles. The van der Waals surface area contributed by atoms with Crippen molar-refractivity contribution in [2.24, 2.45) is 5.92 Å². The first-order valence-corrected chi connectivity index (χ1v) is 10.3. The molecule has 2 atom stereocenters. The lowest BCUT2D eigenvalue weighted by Crippen LogP contribution is -2.46. The van der Waals surface area contributed by atoms with Crippen LogP contribution in [0.2, 0.25) is 0 Å². The van der Waals surface area contributed by atoms with E-state index < -0.39 is 11.7 Å². The van der Waals surface area contributed by atoms with E-state index in [2.05, 4.69) is 41.4 Å². The molecule has 1 rings (SSSR count). The summed E-state index contributed by atoms with van der Waals surface area (Å²) < 4.78 is 6.45. The van der Waals surface area contributed by atoms with Crippen LogP contribution in [0.15, 0.2) is 5.38 Å². The van der Waals surface area contributed by atoms with Gasteiger partial charge in [0.15, 0.2) is 0 Å². The lowest BCUT2D eigenvalue weighted by Gasteiger charge is -2.36. The van der Waals surface area contributed by atoms with Crippen molar-refractivity contribution in [1.29, 1.82) is 0 Å². The van der Waals surface area contributed by atoms with Gasteiger partial charge in [-0.1, -0.05) is 20.8 Å². The van der Waals surface area contributed by atoms with Crippen LogP contribution in [0, 0.1) is 9.62 Å². The summed E-state index contributed by atoms with van der Waals surface area (Å²) in [5.41, 5.74) is -0.533. The third-order valence-corrected chi connectivity index (χ3v) is 5.43. The fraction of sp³-hybridized carbons (Fsp3) is 0.765. The predicted octanol–water partition coefficient (Wildman–Crippen LogP) is 4.84. The molecule has 0 fully saturated rings. The number of halogens is 1. The first kappa shape index (κ1) is 21.6. The van der Waals surface area contributed by atoms with Gasteiger partial charge in [0.1, 0.15) is 20.4 Å². The van der Waals surface area contributed by atoms with Gasteiger partial charge in [0, 0.05) is 24.4 Å². The summed E-state index contributed by atoms with van der Waals surface area (Å²) in [6, 6.07) is -0.101. The zero-order valence-electron chi connectivity index (χ0n) is 15.4. The smallest absolute Gasteiger partial charge is 0.410 e. The Kier molecular flexibility index (Phi) is 8.41. The van der Waals surface area contributed by atoms with Crippen LogP contribution in [0.3, 0.4) is 0 Å². The molecule has 0 aliphatic heterocycles. The van der Waals surface area contributed by atoms with Crippen LogP contribution in [-0.4, -0.2) is 39.3 Å². The maximum Gasteiger partial charge on any atom is 0.410 e. The summed E-state index contributed by atoms with van der Waals surface area (Å²) >= 11 is 3.59. The largest absolute Gasteiger partial charge is 0.444 e. The van der Waals surface area contributed by atoms with Crippen LogP contribution >= 0.6 is 33.9 Å². The molecule has 1 aromatic rings. The Bertz CT molecular complexity index is 528. The molecule has 1 N–H and O–H groups in total. The Balaban J connectivity index is 2.93. The first-order chi connectivity index (χ1) is 11.0. The van der Waals surface area contributed by atoms with Crippen LogP contribution in [-0.2, 0) is 4.74 Å². The van der Waals surface area contributed by atoms with Crippen molar-refractivity contribution in [1.82, 2.24) is 9.88 Å². The molecular weight excluding hydrogens is 439 g/mol. The van der Waals surface area contributed by atoms with Gasteiger partial charge in [-0.25, -0.2) is 9.78 Å². The molecule has 0 saturated carbocycles. The highest BCUT2D eigenvalue weighted by Gasteiger charge is 2.32. The number of hydrogen-bond donors (Lipinski definition) is 1. The maximum atomic E-state index is 12.6. The molecule has 0 unspecified atom stereocenters. The molecule has 0 spiro atoms. The van der Waals surface area contributed by atoms with Gasteiger partial charge in [0.05, 0.1) is 0 Å². The average molecular weight is 468 g/mol. The van der Waals surface area contributed by atoms with Gasteiger partial charge >= 0.3 is 6.09 Å². The van der Waals surface area contributed by atoms with Crippen molar-refractivity contribution in [2.45, 2.75) is 72.1 Å². The predicted molar refractivity (Wildman–Crippen MR) is 106 cm³/mol. The third kappa shape index (κ3) is 6.84. The number of aliphatic hydroxyl groups excluding tert-OH is 1. The van der Waals surface area contributed by atoms with E-state index in [0.717, 1.165) is 10.1 Å². The molecule has 0 saturated heterocycles. The van der Waals surface area contributed by atoms with Crippen molar-refractivity contribution in [3.05, 3.63) is 14.1 Å². The Morgan fingerprint density at radius 2 is 2.08 bits per heavy atom. The topological polar surface area (TPSA) is 62.7 Å². The van der Waals surface area contributed by atoms with Gasteiger partial charge in [-0.2, -0.15) is 0 Å². The van der Waals surface area contributed by atoms with Crippen molar-refractivity contribution in [3.63, 3.8) is 0 Å². The molecule has 0 radical (unpaired) electrons. The number of rotatable bonds is 7. The Labute approximate surface area is 162 Å². The van der Waals surface area contributed by atoms with E-state index in [1.807, 2.05) is 33.1 Å². The molecule has 0 aliphatic rings. The van der Waals surface area contributed by atoms with E-state index in [1.165, 1.54) is 11.3 Å². The second kappa shape index (κ2) is 9.33. The summed E-state index contributed by atoms with van der Waals surface area (Å²) in [5.74, 6) is 0.206. The van der Waals surface area contributed by atoms with E-state index in [1.54, 1.807) is 4.90 Å². The number of amides is 1. The second-order valence-electron chi connectivity index (χ2n) is 7.25. The molecule has 1 amide bonds. The van der Waals surface area contributed by atoms with E-state index in [4.69, 9.17) is 4.74 Å². The van der Waals surface area contributed by atoms with Crippen LogP contribution < -0.4 is 0 Å². The van der Waals surface area contributed by atoms with E-state index in [-0.39, 0.29) is 18.1 Å². The normalized spacial score (nSPS) is 14.5. The SMILES string of the molecule is CCCN(C(=O)OC(C)(C)C)[C@@H](C[C@@H](O)c1nc(I)cs1)C(C)C. The molecule has 24 heavy (non-hydrogen) atoms. The van der Waals surface area contributed by atoms with E-state index in [9.17, 15) is 9.90 Å². The number of hydrogen-bond acceptors (Lipinski definition) is 5. The second-order valence-corrected chi connectivity index (χ2v) is 9.24. The van der Waals surface area contributed by atoms with Crippen LogP contribution in [0.25, 0.3) is 0 Å². The van der Waals surface area contributed by atoms with Crippen molar-refractivity contribution >= 4 is 40.0 Å². The van der Waals surface area contributed by atoms with Crippen LogP contribution in [0.5, 0.6) is 0 Å². The number of thiazole rings is 1. The van der Waals surface area contributed by atoms with Crippen LogP contribution in [0.4, 0.5) is 4.79 Å². The zero-order valence-corrected chi connectivity index (χ0v) is 18.3. The Morgan fingerprint density at radius 1 is 1.46 bits per heavy atom. The average Bonchev–Trinajstić information content (AvgIpc) is 2.87. The summed E-state index contributed by atoms with van der Waals surface area (Å²) in [7, 11) is 0. The molecule has 5 nitrogen and oxygen atoms in total. The lowest BCUT2D eigenvalue weighted by atomic mass is 9.96. The highest BCUT2D eigenvalue weighted by molar-refractivity contribution is 14.1. The number of aliphatic hydroxyl groups is 1. The van der Waals surface area contributed by atoms with Gasteiger partial charge < -0.3 is 14.7 Å². The van der Waals surface area contributed by atoms with Gasteiger partial charge in [0.25, 0.3) is 0 Å². The minimum Gasteiger partial charge on any atom is -0.444 e. The summed E-state index contributed by atoms with van der Waals surface area (Å²) in [5, 5.41) is 13.2. The highest BCUT2D eigenvalue weighted by Crippen LogP contribution is 2.28. The fourth-order valence-corrected chi connectivity index (χ4v) is 3.94. The molecular formula is C17H29IN2O3S. The maximum absolute atomic E-state index is 12.6. The number of carbonyl (C=O) groups is 1. The van der Waals surface area contributed by atoms with E-state index >= 15 is 0 Å². The number of nitrogens with zero attached hydrogens (tertiary/aromatic N) is 2. The van der Waals surface area contributed by atoms with Crippen molar-refractivity contribution < 1.29 is 14.6 Å².